The number of amides is 1. The average Bonchev–Trinajstić information content (AvgIpc) is 2.85. The van der Waals surface area contributed by atoms with E-state index in [2.05, 4.69) is 29.2 Å². The molecule has 0 saturated carbocycles. The maximum absolute atomic E-state index is 12.0. The first-order valence-corrected chi connectivity index (χ1v) is 7.55. The van der Waals surface area contributed by atoms with E-state index in [-0.39, 0.29) is 5.91 Å². The molecule has 1 N–H and O–H groups in total. The molecule has 0 radical (unpaired) electrons. The number of anilines is 1. The number of rotatable bonds is 5. The minimum Gasteiger partial charge on any atom is -0.311 e. The first-order valence-electron chi connectivity index (χ1n) is 6.68. The van der Waals surface area contributed by atoms with Crippen LogP contribution in [0.25, 0.3) is 0 Å². The van der Waals surface area contributed by atoms with Gasteiger partial charge < -0.3 is 5.32 Å². The van der Waals surface area contributed by atoms with Gasteiger partial charge in [-0.1, -0.05) is 13.8 Å². The van der Waals surface area contributed by atoms with Crippen molar-refractivity contribution in [3.05, 3.63) is 27.8 Å². The van der Waals surface area contributed by atoms with Crippen molar-refractivity contribution in [3.8, 4) is 0 Å². The summed E-state index contributed by atoms with van der Waals surface area (Å²) in [4.78, 5) is 16.3. The molecule has 2 aromatic rings. The third-order valence-electron chi connectivity index (χ3n) is 2.82. The van der Waals surface area contributed by atoms with E-state index >= 15 is 0 Å². The second kappa shape index (κ2) is 6.17. The largest absolute Gasteiger partial charge is 0.311 e. The second-order valence-corrected chi connectivity index (χ2v) is 6.39. The molecule has 5 nitrogen and oxygen atoms in total. The van der Waals surface area contributed by atoms with Crippen LogP contribution in [0.4, 0.5) is 5.82 Å². The Labute approximate surface area is 123 Å². The number of thiazole rings is 1. The molecule has 0 spiro atoms. The summed E-state index contributed by atoms with van der Waals surface area (Å²) in [6.45, 7) is 6.24. The lowest BCUT2D eigenvalue weighted by atomic mass is 10.1. The average molecular weight is 292 g/mol. The highest BCUT2D eigenvalue weighted by atomic mass is 32.1. The minimum absolute atomic E-state index is 0.0607. The van der Waals surface area contributed by atoms with Crippen LogP contribution in [-0.4, -0.2) is 20.7 Å². The molecular weight excluding hydrogens is 272 g/mol. The molecule has 1 amide bonds. The highest BCUT2D eigenvalue weighted by Gasteiger charge is 2.11. The van der Waals surface area contributed by atoms with Crippen LogP contribution < -0.4 is 5.32 Å². The predicted molar refractivity (Wildman–Crippen MR) is 80.9 cm³/mol. The number of hydrogen-bond acceptors (Lipinski definition) is 4. The van der Waals surface area contributed by atoms with E-state index in [0.29, 0.717) is 12.3 Å². The molecule has 2 heterocycles. The molecule has 0 bridgehead atoms. The van der Waals surface area contributed by atoms with Gasteiger partial charge in [-0.15, -0.1) is 11.3 Å². The highest BCUT2D eigenvalue weighted by molar-refractivity contribution is 7.09. The second-order valence-electron chi connectivity index (χ2n) is 5.33. The first-order chi connectivity index (χ1) is 9.44. The topological polar surface area (TPSA) is 59.8 Å². The Bertz CT molecular complexity index is 600. The lowest BCUT2D eigenvalue weighted by Crippen LogP contribution is -2.16. The summed E-state index contributed by atoms with van der Waals surface area (Å²) in [5.41, 5.74) is 1.82. The molecular formula is C14H20N4OS. The van der Waals surface area contributed by atoms with Gasteiger partial charge in [0.15, 0.2) is 0 Å². The Morgan fingerprint density at radius 2 is 2.20 bits per heavy atom. The van der Waals surface area contributed by atoms with Gasteiger partial charge in [0.05, 0.1) is 22.8 Å². The fourth-order valence-corrected chi connectivity index (χ4v) is 2.62. The van der Waals surface area contributed by atoms with Crippen LogP contribution in [0, 0.1) is 12.8 Å². The molecule has 0 fully saturated rings. The van der Waals surface area contributed by atoms with Gasteiger partial charge in [-0.3, -0.25) is 9.48 Å². The van der Waals surface area contributed by atoms with E-state index in [0.717, 1.165) is 28.6 Å². The summed E-state index contributed by atoms with van der Waals surface area (Å²) in [5.74, 6) is 1.22. The normalized spacial score (nSPS) is 11.1. The lowest BCUT2D eigenvalue weighted by Gasteiger charge is -2.03. The molecule has 0 saturated heterocycles. The van der Waals surface area contributed by atoms with Crippen LogP contribution >= 0.6 is 11.3 Å². The van der Waals surface area contributed by atoms with Crippen molar-refractivity contribution in [2.75, 3.05) is 5.32 Å². The molecule has 0 aliphatic heterocycles. The Balaban J connectivity index is 1.98. The molecule has 2 rings (SSSR count). The summed E-state index contributed by atoms with van der Waals surface area (Å²) >= 11 is 1.56. The number of carbonyl (C=O) groups excluding carboxylic acids is 1. The van der Waals surface area contributed by atoms with Gasteiger partial charge in [-0.25, -0.2) is 4.98 Å². The molecule has 2 aromatic heterocycles. The van der Waals surface area contributed by atoms with Crippen LogP contribution in [0.5, 0.6) is 0 Å². The number of aromatic nitrogens is 3. The van der Waals surface area contributed by atoms with Gasteiger partial charge in [0.1, 0.15) is 5.82 Å². The van der Waals surface area contributed by atoms with E-state index in [1.807, 2.05) is 25.4 Å². The van der Waals surface area contributed by atoms with Gasteiger partial charge in [-0.05, 0) is 19.3 Å². The molecule has 0 unspecified atom stereocenters. The third-order valence-corrected chi connectivity index (χ3v) is 3.65. The molecule has 6 heteroatoms. The Hall–Kier alpha value is -1.69. The van der Waals surface area contributed by atoms with Crippen molar-refractivity contribution in [1.29, 1.82) is 0 Å². The van der Waals surface area contributed by atoms with Crippen molar-refractivity contribution in [1.82, 2.24) is 14.8 Å². The van der Waals surface area contributed by atoms with Crippen LogP contribution in [-0.2, 0) is 24.7 Å². The number of hydrogen-bond donors (Lipinski definition) is 1. The monoisotopic (exact) mass is 292 g/mol. The zero-order valence-corrected chi connectivity index (χ0v) is 13.1. The maximum Gasteiger partial charge on any atom is 0.231 e. The first kappa shape index (κ1) is 14.7. The molecule has 0 aliphatic carbocycles. The number of carbonyl (C=O) groups is 1. The van der Waals surface area contributed by atoms with Crippen molar-refractivity contribution in [2.45, 2.75) is 33.6 Å². The fourth-order valence-electron chi connectivity index (χ4n) is 2.00. The van der Waals surface area contributed by atoms with Crippen LogP contribution in [0.1, 0.15) is 30.2 Å². The van der Waals surface area contributed by atoms with E-state index in [9.17, 15) is 4.79 Å². The predicted octanol–water partition coefficient (Wildman–Crippen LogP) is 2.56. The lowest BCUT2D eigenvalue weighted by molar-refractivity contribution is -0.115. The van der Waals surface area contributed by atoms with Crippen LogP contribution in [0.2, 0.25) is 0 Å². The van der Waals surface area contributed by atoms with Gasteiger partial charge in [0, 0.05) is 18.5 Å². The fraction of sp³-hybridized carbons (Fsp3) is 0.500. The Morgan fingerprint density at radius 3 is 2.80 bits per heavy atom. The standard InChI is InChI=1S/C14H20N4OS/c1-9(2)5-11-6-13(18(4)17-11)16-14(19)7-12-8-20-10(3)15-12/h6,8-9H,5,7H2,1-4H3,(H,16,19). The van der Waals surface area contributed by atoms with Gasteiger partial charge in [-0.2, -0.15) is 5.10 Å². The number of nitrogens with zero attached hydrogens (tertiary/aromatic N) is 3. The molecule has 0 atom stereocenters. The van der Waals surface area contributed by atoms with Crippen LogP contribution in [0.15, 0.2) is 11.4 Å². The zero-order valence-electron chi connectivity index (χ0n) is 12.3. The number of aryl methyl sites for hydroxylation is 2. The molecule has 0 aliphatic rings. The smallest absolute Gasteiger partial charge is 0.231 e. The van der Waals surface area contributed by atoms with Gasteiger partial charge in [0.2, 0.25) is 5.91 Å². The minimum atomic E-state index is -0.0607. The summed E-state index contributed by atoms with van der Waals surface area (Å²) in [6, 6.07) is 1.93. The summed E-state index contributed by atoms with van der Waals surface area (Å²) in [7, 11) is 1.84. The van der Waals surface area contributed by atoms with E-state index < -0.39 is 0 Å². The molecule has 0 aromatic carbocycles. The van der Waals surface area contributed by atoms with E-state index in [4.69, 9.17) is 0 Å². The third kappa shape index (κ3) is 3.90. The van der Waals surface area contributed by atoms with Crippen molar-refractivity contribution in [2.24, 2.45) is 13.0 Å². The summed E-state index contributed by atoms with van der Waals surface area (Å²) in [5, 5.41) is 10.2. The summed E-state index contributed by atoms with van der Waals surface area (Å²) < 4.78 is 1.71. The Morgan fingerprint density at radius 1 is 1.45 bits per heavy atom. The molecule has 108 valence electrons. The number of nitrogens with one attached hydrogen (secondary N) is 1. The van der Waals surface area contributed by atoms with E-state index in [1.165, 1.54) is 0 Å². The van der Waals surface area contributed by atoms with Crippen LogP contribution in [0.3, 0.4) is 0 Å². The van der Waals surface area contributed by atoms with Crippen molar-refractivity contribution >= 4 is 23.1 Å². The zero-order chi connectivity index (χ0) is 14.7. The summed E-state index contributed by atoms with van der Waals surface area (Å²) in [6.07, 6.45) is 1.21. The SMILES string of the molecule is Cc1nc(CC(=O)Nc2cc(CC(C)C)nn2C)cs1. The van der Waals surface area contributed by atoms with Gasteiger partial charge in [0.25, 0.3) is 0 Å². The van der Waals surface area contributed by atoms with Crippen molar-refractivity contribution in [3.63, 3.8) is 0 Å². The highest BCUT2D eigenvalue weighted by Crippen LogP contribution is 2.14. The van der Waals surface area contributed by atoms with Crippen molar-refractivity contribution < 1.29 is 4.79 Å². The maximum atomic E-state index is 12.0. The van der Waals surface area contributed by atoms with E-state index in [1.54, 1.807) is 16.0 Å². The van der Waals surface area contributed by atoms with Gasteiger partial charge >= 0.3 is 0 Å². The molecule has 20 heavy (non-hydrogen) atoms. The Kier molecular flexibility index (Phi) is 4.54. The quantitative estimate of drug-likeness (QED) is 0.921.